The van der Waals surface area contributed by atoms with Crippen molar-refractivity contribution >= 4 is 0 Å². The van der Waals surface area contributed by atoms with Crippen molar-refractivity contribution in [3.63, 3.8) is 0 Å². The molecule has 0 bridgehead atoms. The number of aryl methyl sites for hydroxylation is 1. The van der Waals surface area contributed by atoms with Gasteiger partial charge in [-0.05, 0) is 50.1 Å². The molecule has 0 heterocycles. The molecule has 1 aliphatic rings. The molecule has 1 fully saturated rings. The van der Waals surface area contributed by atoms with Crippen LogP contribution in [-0.2, 0) is 0 Å². The van der Waals surface area contributed by atoms with Crippen LogP contribution in [0.15, 0.2) is 24.3 Å². The molecule has 0 saturated heterocycles. The van der Waals surface area contributed by atoms with Gasteiger partial charge in [-0.3, -0.25) is 0 Å². The lowest BCUT2D eigenvalue weighted by atomic mass is 9.76. The minimum Gasteiger partial charge on any atom is -0.310 e. The van der Waals surface area contributed by atoms with Gasteiger partial charge in [0.2, 0.25) is 0 Å². The first-order valence-corrected chi connectivity index (χ1v) is 8.00. The highest BCUT2D eigenvalue weighted by atomic mass is 14.9. The average molecular weight is 259 g/mol. The Kier molecular flexibility index (Phi) is 5.45. The van der Waals surface area contributed by atoms with Gasteiger partial charge >= 0.3 is 0 Å². The molecule has 1 N–H and O–H groups in total. The standard InChI is InChI=1S/C18H29N/c1-4-12-19-18(16-10-8-14(2)9-11-16)17-7-5-6-15(3)13-17/h8-11,15,17-19H,4-7,12-13H2,1-3H3. The lowest BCUT2D eigenvalue weighted by Crippen LogP contribution is -2.31. The van der Waals surface area contributed by atoms with Crippen LogP contribution < -0.4 is 5.32 Å². The maximum absolute atomic E-state index is 3.80. The summed E-state index contributed by atoms with van der Waals surface area (Å²) in [6.45, 7) is 7.96. The summed E-state index contributed by atoms with van der Waals surface area (Å²) in [6, 6.07) is 9.71. The third-order valence-electron chi connectivity index (χ3n) is 4.50. The minimum atomic E-state index is 0.559. The van der Waals surface area contributed by atoms with Crippen molar-refractivity contribution in [2.24, 2.45) is 11.8 Å². The first kappa shape index (κ1) is 14.6. The highest BCUT2D eigenvalue weighted by Crippen LogP contribution is 2.37. The van der Waals surface area contributed by atoms with Crippen molar-refractivity contribution in [2.45, 2.75) is 58.9 Å². The normalized spacial score (nSPS) is 25.2. The zero-order valence-corrected chi connectivity index (χ0v) is 12.8. The molecule has 1 aromatic carbocycles. The Balaban J connectivity index is 2.12. The Hall–Kier alpha value is -0.820. The Bertz CT molecular complexity index is 368. The first-order chi connectivity index (χ1) is 9.20. The lowest BCUT2D eigenvalue weighted by Gasteiger charge is -2.34. The van der Waals surface area contributed by atoms with E-state index in [9.17, 15) is 0 Å². The Morgan fingerprint density at radius 3 is 2.58 bits per heavy atom. The predicted octanol–water partition coefficient (Wildman–Crippen LogP) is 4.86. The van der Waals surface area contributed by atoms with E-state index in [-0.39, 0.29) is 0 Å². The molecule has 1 saturated carbocycles. The summed E-state index contributed by atoms with van der Waals surface area (Å²) in [6.07, 6.45) is 6.81. The maximum Gasteiger partial charge on any atom is 0.0348 e. The van der Waals surface area contributed by atoms with E-state index in [1.165, 1.54) is 43.2 Å². The van der Waals surface area contributed by atoms with Crippen LogP contribution in [0.1, 0.15) is 63.1 Å². The van der Waals surface area contributed by atoms with Gasteiger partial charge in [0.25, 0.3) is 0 Å². The molecule has 1 aliphatic carbocycles. The number of hydrogen-bond donors (Lipinski definition) is 1. The second-order valence-corrected chi connectivity index (χ2v) is 6.37. The van der Waals surface area contributed by atoms with Gasteiger partial charge in [-0.25, -0.2) is 0 Å². The summed E-state index contributed by atoms with van der Waals surface area (Å²) >= 11 is 0. The summed E-state index contributed by atoms with van der Waals surface area (Å²) in [5.41, 5.74) is 2.84. The molecule has 1 nitrogen and oxygen atoms in total. The Morgan fingerprint density at radius 2 is 1.95 bits per heavy atom. The monoisotopic (exact) mass is 259 g/mol. The SMILES string of the molecule is CCCNC(c1ccc(C)cc1)C1CCCC(C)C1. The van der Waals surface area contributed by atoms with E-state index in [4.69, 9.17) is 0 Å². The van der Waals surface area contributed by atoms with Gasteiger partial charge in [-0.2, -0.15) is 0 Å². The van der Waals surface area contributed by atoms with E-state index >= 15 is 0 Å². The van der Waals surface area contributed by atoms with E-state index < -0.39 is 0 Å². The number of rotatable bonds is 5. The van der Waals surface area contributed by atoms with Gasteiger partial charge in [-0.15, -0.1) is 0 Å². The van der Waals surface area contributed by atoms with E-state index in [1.807, 2.05) is 0 Å². The largest absolute Gasteiger partial charge is 0.310 e. The van der Waals surface area contributed by atoms with Crippen LogP contribution in [0.2, 0.25) is 0 Å². The Morgan fingerprint density at radius 1 is 1.21 bits per heavy atom. The smallest absolute Gasteiger partial charge is 0.0348 e. The van der Waals surface area contributed by atoms with Gasteiger partial charge in [0.15, 0.2) is 0 Å². The van der Waals surface area contributed by atoms with Crippen LogP contribution in [0, 0.1) is 18.8 Å². The maximum atomic E-state index is 3.80. The molecule has 1 heteroatoms. The summed E-state index contributed by atoms with van der Waals surface area (Å²) in [4.78, 5) is 0. The zero-order valence-electron chi connectivity index (χ0n) is 12.8. The van der Waals surface area contributed by atoms with Crippen LogP contribution in [0.3, 0.4) is 0 Å². The van der Waals surface area contributed by atoms with E-state index in [0.717, 1.165) is 18.4 Å². The topological polar surface area (TPSA) is 12.0 Å². The van der Waals surface area contributed by atoms with E-state index in [0.29, 0.717) is 6.04 Å². The van der Waals surface area contributed by atoms with E-state index in [2.05, 4.69) is 50.4 Å². The molecule has 0 spiro atoms. The van der Waals surface area contributed by atoms with Gasteiger partial charge in [0.05, 0.1) is 0 Å². The summed E-state index contributed by atoms with van der Waals surface area (Å²) in [5, 5.41) is 3.80. The van der Waals surface area contributed by atoms with Crippen LogP contribution in [-0.4, -0.2) is 6.54 Å². The van der Waals surface area contributed by atoms with Gasteiger partial charge in [0.1, 0.15) is 0 Å². The molecule has 3 atom stereocenters. The molecule has 0 aliphatic heterocycles. The molecular formula is C18H29N. The molecule has 0 amide bonds. The Labute approximate surface area is 118 Å². The molecule has 106 valence electrons. The minimum absolute atomic E-state index is 0.559. The highest BCUT2D eigenvalue weighted by Gasteiger charge is 2.27. The second kappa shape index (κ2) is 7.09. The molecule has 0 radical (unpaired) electrons. The lowest BCUT2D eigenvalue weighted by molar-refractivity contribution is 0.224. The molecule has 0 aromatic heterocycles. The number of benzene rings is 1. The van der Waals surface area contributed by atoms with Crippen LogP contribution in [0.5, 0.6) is 0 Å². The van der Waals surface area contributed by atoms with Crippen molar-refractivity contribution in [3.05, 3.63) is 35.4 Å². The van der Waals surface area contributed by atoms with Crippen LogP contribution in [0.25, 0.3) is 0 Å². The van der Waals surface area contributed by atoms with Gasteiger partial charge in [-0.1, -0.05) is 56.5 Å². The third-order valence-corrected chi connectivity index (χ3v) is 4.50. The highest BCUT2D eigenvalue weighted by molar-refractivity contribution is 5.24. The van der Waals surface area contributed by atoms with Crippen LogP contribution >= 0.6 is 0 Å². The van der Waals surface area contributed by atoms with Crippen molar-refractivity contribution in [1.29, 1.82) is 0 Å². The fourth-order valence-electron chi connectivity index (χ4n) is 3.41. The van der Waals surface area contributed by atoms with Crippen LogP contribution in [0.4, 0.5) is 0 Å². The first-order valence-electron chi connectivity index (χ1n) is 8.00. The van der Waals surface area contributed by atoms with Crippen molar-refractivity contribution in [2.75, 3.05) is 6.54 Å². The third kappa shape index (κ3) is 4.07. The van der Waals surface area contributed by atoms with Gasteiger partial charge in [0, 0.05) is 6.04 Å². The van der Waals surface area contributed by atoms with Crippen molar-refractivity contribution < 1.29 is 0 Å². The van der Waals surface area contributed by atoms with Crippen molar-refractivity contribution in [3.8, 4) is 0 Å². The fourth-order valence-corrected chi connectivity index (χ4v) is 3.41. The average Bonchev–Trinajstić information content (AvgIpc) is 2.41. The number of hydrogen-bond acceptors (Lipinski definition) is 1. The van der Waals surface area contributed by atoms with Crippen molar-refractivity contribution in [1.82, 2.24) is 5.32 Å². The summed E-state index contributed by atoms with van der Waals surface area (Å²) < 4.78 is 0. The zero-order chi connectivity index (χ0) is 13.7. The molecule has 2 rings (SSSR count). The molecule has 1 aromatic rings. The molecule has 19 heavy (non-hydrogen) atoms. The van der Waals surface area contributed by atoms with E-state index in [1.54, 1.807) is 0 Å². The quantitative estimate of drug-likeness (QED) is 0.796. The summed E-state index contributed by atoms with van der Waals surface area (Å²) in [7, 11) is 0. The summed E-state index contributed by atoms with van der Waals surface area (Å²) in [5.74, 6) is 1.72. The second-order valence-electron chi connectivity index (χ2n) is 6.37. The number of nitrogens with one attached hydrogen (secondary N) is 1. The molecule has 3 unspecified atom stereocenters. The fraction of sp³-hybridized carbons (Fsp3) is 0.667. The molecular weight excluding hydrogens is 230 g/mol. The van der Waals surface area contributed by atoms with Gasteiger partial charge < -0.3 is 5.32 Å². The predicted molar refractivity (Wildman–Crippen MR) is 83.3 cm³/mol.